The topological polar surface area (TPSA) is 34.9 Å². The summed E-state index contributed by atoms with van der Waals surface area (Å²) in [7, 11) is 1.69. The molecule has 0 aliphatic heterocycles. The molecule has 0 N–H and O–H groups in total. The summed E-state index contributed by atoms with van der Waals surface area (Å²) in [6.45, 7) is 1.46. The molecule has 1 heterocycles. The van der Waals surface area contributed by atoms with Crippen molar-refractivity contribution in [1.29, 1.82) is 0 Å². The van der Waals surface area contributed by atoms with Gasteiger partial charge < -0.3 is 0 Å². The van der Waals surface area contributed by atoms with Crippen molar-refractivity contribution in [3.05, 3.63) is 16.9 Å². The lowest BCUT2D eigenvalue weighted by Gasteiger charge is -1.90. The second-order valence-electron chi connectivity index (χ2n) is 2.03. The quantitative estimate of drug-likeness (QED) is 0.577. The zero-order valence-corrected chi connectivity index (χ0v) is 6.51. The molecule has 0 aliphatic rings. The van der Waals surface area contributed by atoms with E-state index in [0.29, 0.717) is 10.7 Å². The number of halogens is 1. The van der Waals surface area contributed by atoms with E-state index in [1.54, 1.807) is 7.05 Å². The molecule has 0 amide bonds. The summed E-state index contributed by atoms with van der Waals surface area (Å²) >= 11 is 5.68. The highest BCUT2D eigenvalue weighted by atomic mass is 35.5. The largest absolute Gasteiger partial charge is 0.294 e. The van der Waals surface area contributed by atoms with Crippen LogP contribution in [-0.4, -0.2) is 15.6 Å². The molecule has 0 saturated heterocycles. The van der Waals surface area contributed by atoms with Crippen LogP contribution in [0.25, 0.3) is 0 Å². The van der Waals surface area contributed by atoms with E-state index in [-0.39, 0.29) is 5.78 Å². The number of aromatic nitrogens is 2. The van der Waals surface area contributed by atoms with Crippen LogP contribution in [0.2, 0.25) is 5.15 Å². The van der Waals surface area contributed by atoms with Crippen LogP contribution >= 0.6 is 11.6 Å². The van der Waals surface area contributed by atoms with Gasteiger partial charge in [-0.05, 0) is 6.92 Å². The molecular weight excluding hydrogens is 152 g/mol. The smallest absolute Gasteiger partial charge is 0.164 e. The van der Waals surface area contributed by atoms with Gasteiger partial charge in [0.1, 0.15) is 5.15 Å². The Labute approximate surface area is 63.6 Å². The average molecular weight is 159 g/mol. The van der Waals surface area contributed by atoms with Crippen molar-refractivity contribution >= 4 is 17.4 Å². The van der Waals surface area contributed by atoms with Crippen molar-refractivity contribution in [1.82, 2.24) is 9.78 Å². The number of hydrogen-bond donors (Lipinski definition) is 0. The van der Waals surface area contributed by atoms with Crippen molar-refractivity contribution < 1.29 is 4.79 Å². The van der Waals surface area contributed by atoms with Gasteiger partial charge in [-0.1, -0.05) is 11.6 Å². The minimum absolute atomic E-state index is 0.0573. The maximum Gasteiger partial charge on any atom is 0.164 e. The van der Waals surface area contributed by atoms with E-state index in [4.69, 9.17) is 11.6 Å². The molecule has 1 aromatic rings. The first kappa shape index (κ1) is 7.28. The van der Waals surface area contributed by atoms with Crippen LogP contribution in [0, 0.1) is 0 Å². The SMILES string of the molecule is CC(=O)c1cnn(C)c1Cl. The van der Waals surface area contributed by atoms with E-state index >= 15 is 0 Å². The molecule has 0 saturated carbocycles. The highest BCUT2D eigenvalue weighted by Crippen LogP contribution is 2.13. The van der Waals surface area contributed by atoms with Crippen LogP contribution in [0.15, 0.2) is 6.20 Å². The van der Waals surface area contributed by atoms with E-state index in [2.05, 4.69) is 5.10 Å². The lowest BCUT2D eigenvalue weighted by atomic mass is 10.3. The number of carbonyl (C=O) groups excluding carboxylic acids is 1. The molecule has 54 valence electrons. The van der Waals surface area contributed by atoms with Gasteiger partial charge in [-0.15, -0.1) is 0 Å². The summed E-state index contributed by atoms with van der Waals surface area (Å²) in [5.74, 6) is -0.0573. The van der Waals surface area contributed by atoms with E-state index in [9.17, 15) is 4.79 Å². The van der Waals surface area contributed by atoms with Crippen molar-refractivity contribution in [2.45, 2.75) is 6.92 Å². The fourth-order valence-corrected chi connectivity index (χ4v) is 0.884. The van der Waals surface area contributed by atoms with Crippen molar-refractivity contribution in [2.24, 2.45) is 7.05 Å². The molecule has 0 aliphatic carbocycles. The number of ketones is 1. The third kappa shape index (κ3) is 1.04. The van der Waals surface area contributed by atoms with Gasteiger partial charge in [0.2, 0.25) is 0 Å². The molecular formula is C6H7ClN2O. The Morgan fingerprint density at radius 1 is 1.80 bits per heavy atom. The van der Waals surface area contributed by atoms with E-state index < -0.39 is 0 Å². The first-order valence-corrected chi connectivity index (χ1v) is 3.19. The Kier molecular flexibility index (Phi) is 1.76. The maximum absolute atomic E-state index is 10.7. The molecule has 10 heavy (non-hydrogen) atoms. The number of nitrogens with zero attached hydrogens (tertiary/aromatic N) is 2. The van der Waals surface area contributed by atoms with Gasteiger partial charge in [0.15, 0.2) is 5.78 Å². The van der Waals surface area contributed by atoms with Crippen LogP contribution in [0.3, 0.4) is 0 Å². The molecule has 0 spiro atoms. The third-order valence-electron chi connectivity index (χ3n) is 1.25. The maximum atomic E-state index is 10.7. The number of carbonyl (C=O) groups is 1. The Hall–Kier alpha value is -0.830. The average Bonchev–Trinajstić information content (AvgIpc) is 2.14. The summed E-state index contributed by atoms with van der Waals surface area (Å²) in [6.07, 6.45) is 1.46. The molecule has 0 aromatic carbocycles. The van der Waals surface area contributed by atoms with E-state index in [1.165, 1.54) is 17.8 Å². The van der Waals surface area contributed by atoms with Crippen LogP contribution in [0.4, 0.5) is 0 Å². The summed E-state index contributed by atoms with van der Waals surface area (Å²) in [5, 5.41) is 4.20. The molecule has 0 radical (unpaired) electrons. The zero-order valence-electron chi connectivity index (χ0n) is 5.76. The minimum Gasteiger partial charge on any atom is -0.294 e. The summed E-state index contributed by atoms with van der Waals surface area (Å²) < 4.78 is 1.46. The van der Waals surface area contributed by atoms with Crippen LogP contribution in [0.5, 0.6) is 0 Å². The van der Waals surface area contributed by atoms with Gasteiger partial charge in [-0.3, -0.25) is 9.48 Å². The Morgan fingerprint density at radius 3 is 2.60 bits per heavy atom. The van der Waals surface area contributed by atoms with Crippen molar-refractivity contribution in [3.8, 4) is 0 Å². The highest BCUT2D eigenvalue weighted by Gasteiger charge is 2.08. The molecule has 1 aromatic heterocycles. The first-order chi connectivity index (χ1) is 4.63. The highest BCUT2D eigenvalue weighted by molar-refractivity contribution is 6.32. The fraction of sp³-hybridized carbons (Fsp3) is 0.333. The van der Waals surface area contributed by atoms with Gasteiger partial charge in [0, 0.05) is 7.05 Å². The summed E-state index contributed by atoms with van der Waals surface area (Å²) in [5.41, 5.74) is 0.476. The van der Waals surface area contributed by atoms with Gasteiger partial charge in [0.05, 0.1) is 11.8 Å². The number of hydrogen-bond acceptors (Lipinski definition) is 2. The summed E-state index contributed by atoms with van der Waals surface area (Å²) in [4.78, 5) is 10.7. The lowest BCUT2D eigenvalue weighted by Crippen LogP contribution is -1.92. The zero-order chi connectivity index (χ0) is 7.72. The van der Waals surface area contributed by atoms with Crippen molar-refractivity contribution in [3.63, 3.8) is 0 Å². The molecule has 1 rings (SSSR count). The van der Waals surface area contributed by atoms with Crippen LogP contribution in [0.1, 0.15) is 17.3 Å². The standard InChI is InChI=1S/C6H7ClN2O/c1-4(10)5-3-8-9(2)6(5)7/h3H,1-2H3. The van der Waals surface area contributed by atoms with Crippen LogP contribution in [-0.2, 0) is 7.05 Å². The van der Waals surface area contributed by atoms with Gasteiger partial charge in [0.25, 0.3) is 0 Å². The molecule has 0 unspecified atom stereocenters. The second kappa shape index (κ2) is 2.42. The van der Waals surface area contributed by atoms with Crippen LogP contribution < -0.4 is 0 Å². The normalized spacial score (nSPS) is 9.90. The molecule has 0 atom stereocenters. The predicted octanol–water partition coefficient (Wildman–Crippen LogP) is 1.28. The number of aryl methyl sites for hydroxylation is 1. The Balaban J connectivity index is 3.17. The van der Waals surface area contributed by atoms with Gasteiger partial charge >= 0.3 is 0 Å². The lowest BCUT2D eigenvalue weighted by molar-refractivity contribution is 0.101. The number of Topliss-reactive ketones (excluding diaryl/α,β-unsaturated/α-hetero) is 1. The molecule has 4 heteroatoms. The second-order valence-corrected chi connectivity index (χ2v) is 2.39. The Morgan fingerprint density at radius 2 is 2.40 bits per heavy atom. The third-order valence-corrected chi connectivity index (χ3v) is 1.69. The Bertz CT molecular complexity index is 267. The first-order valence-electron chi connectivity index (χ1n) is 2.81. The molecule has 0 fully saturated rings. The number of rotatable bonds is 1. The monoisotopic (exact) mass is 158 g/mol. The van der Waals surface area contributed by atoms with Gasteiger partial charge in [-0.2, -0.15) is 5.10 Å². The molecule has 0 bridgehead atoms. The van der Waals surface area contributed by atoms with Gasteiger partial charge in [-0.25, -0.2) is 0 Å². The predicted molar refractivity (Wildman–Crippen MR) is 38.2 cm³/mol. The minimum atomic E-state index is -0.0573. The molecule has 3 nitrogen and oxygen atoms in total. The summed E-state index contributed by atoms with van der Waals surface area (Å²) in [6, 6.07) is 0. The van der Waals surface area contributed by atoms with E-state index in [1.807, 2.05) is 0 Å². The van der Waals surface area contributed by atoms with E-state index in [0.717, 1.165) is 0 Å². The van der Waals surface area contributed by atoms with Crippen molar-refractivity contribution in [2.75, 3.05) is 0 Å². The fourth-order valence-electron chi connectivity index (χ4n) is 0.659.